The lowest BCUT2D eigenvalue weighted by atomic mass is 9.84. The van der Waals surface area contributed by atoms with Gasteiger partial charge in [-0.1, -0.05) is 32.1 Å². The highest BCUT2D eigenvalue weighted by molar-refractivity contribution is 5.85. The van der Waals surface area contributed by atoms with Crippen molar-refractivity contribution in [2.45, 2.75) is 70.3 Å². The highest BCUT2D eigenvalue weighted by atomic mass is 16.5. The number of ether oxygens (including phenoxy) is 1. The van der Waals surface area contributed by atoms with Crippen LogP contribution in [0, 0.1) is 5.41 Å². The standard InChI is InChI=1S/C20H38N4O2/c1-21-19(22-14-9-15-26-17-10-5-4-6-11-17)23-16-20(12-7-8-13-20)18(25)24(2)3/h17H,4-16H2,1-3H3,(H2,21,22,23). The van der Waals surface area contributed by atoms with Crippen molar-refractivity contribution in [2.75, 3.05) is 40.8 Å². The van der Waals surface area contributed by atoms with E-state index >= 15 is 0 Å². The summed E-state index contributed by atoms with van der Waals surface area (Å²) in [5.41, 5.74) is -0.273. The Morgan fingerprint density at radius 1 is 1.12 bits per heavy atom. The van der Waals surface area contributed by atoms with Crippen molar-refractivity contribution in [1.82, 2.24) is 15.5 Å². The van der Waals surface area contributed by atoms with E-state index in [1.807, 2.05) is 14.1 Å². The van der Waals surface area contributed by atoms with Crippen molar-refractivity contribution >= 4 is 11.9 Å². The molecule has 0 spiro atoms. The smallest absolute Gasteiger partial charge is 0.230 e. The SMILES string of the molecule is CN=C(NCCCOC1CCCCC1)NCC1(C(=O)N(C)C)CCCC1. The van der Waals surface area contributed by atoms with E-state index in [4.69, 9.17) is 4.74 Å². The minimum atomic E-state index is -0.273. The molecule has 2 aliphatic rings. The topological polar surface area (TPSA) is 66.0 Å². The van der Waals surface area contributed by atoms with Crippen LogP contribution in [0.5, 0.6) is 0 Å². The Bertz CT molecular complexity index is 453. The number of hydrogen-bond donors (Lipinski definition) is 2. The molecule has 1 amide bonds. The molecule has 6 heteroatoms. The molecule has 150 valence electrons. The second kappa shape index (κ2) is 10.8. The Morgan fingerprint density at radius 2 is 1.81 bits per heavy atom. The normalized spacial score (nSPS) is 20.8. The second-order valence-electron chi connectivity index (χ2n) is 8.02. The van der Waals surface area contributed by atoms with Gasteiger partial charge in [-0.25, -0.2) is 0 Å². The molecule has 0 atom stereocenters. The molecule has 0 aromatic carbocycles. The predicted octanol–water partition coefficient (Wildman–Crippen LogP) is 2.54. The first-order valence-corrected chi connectivity index (χ1v) is 10.4. The number of carbonyl (C=O) groups is 1. The maximum Gasteiger partial charge on any atom is 0.230 e. The molecule has 26 heavy (non-hydrogen) atoms. The molecular formula is C20H38N4O2. The van der Waals surface area contributed by atoms with Gasteiger partial charge >= 0.3 is 0 Å². The molecule has 0 heterocycles. The molecule has 0 radical (unpaired) electrons. The summed E-state index contributed by atoms with van der Waals surface area (Å²) in [6, 6.07) is 0. The third kappa shape index (κ3) is 6.15. The van der Waals surface area contributed by atoms with Crippen molar-refractivity contribution in [1.29, 1.82) is 0 Å². The van der Waals surface area contributed by atoms with Crippen LogP contribution in [0.1, 0.15) is 64.2 Å². The van der Waals surface area contributed by atoms with E-state index in [9.17, 15) is 4.79 Å². The van der Waals surface area contributed by atoms with Crippen molar-refractivity contribution < 1.29 is 9.53 Å². The van der Waals surface area contributed by atoms with Crippen molar-refractivity contribution in [2.24, 2.45) is 10.4 Å². The fourth-order valence-corrected chi connectivity index (χ4v) is 4.23. The molecular weight excluding hydrogens is 328 g/mol. The zero-order chi connectivity index (χ0) is 18.8. The molecule has 0 aromatic rings. The average molecular weight is 367 g/mol. The van der Waals surface area contributed by atoms with Crippen LogP contribution in [0.15, 0.2) is 4.99 Å². The first-order chi connectivity index (χ1) is 12.6. The lowest BCUT2D eigenvalue weighted by molar-refractivity contribution is -0.138. The number of nitrogens with zero attached hydrogens (tertiary/aromatic N) is 2. The average Bonchev–Trinajstić information content (AvgIpc) is 3.14. The minimum absolute atomic E-state index is 0.235. The Morgan fingerprint density at radius 3 is 2.42 bits per heavy atom. The van der Waals surface area contributed by atoms with Crippen LogP contribution in [-0.2, 0) is 9.53 Å². The minimum Gasteiger partial charge on any atom is -0.378 e. The van der Waals surface area contributed by atoms with Gasteiger partial charge in [-0.05, 0) is 32.1 Å². The number of rotatable bonds is 8. The van der Waals surface area contributed by atoms with Gasteiger partial charge < -0.3 is 20.3 Å². The summed E-state index contributed by atoms with van der Waals surface area (Å²) in [5.74, 6) is 1.01. The first-order valence-electron chi connectivity index (χ1n) is 10.4. The lowest BCUT2D eigenvalue weighted by Gasteiger charge is -2.31. The van der Waals surface area contributed by atoms with E-state index in [1.165, 1.54) is 32.1 Å². The molecule has 2 saturated carbocycles. The van der Waals surface area contributed by atoms with E-state index in [2.05, 4.69) is 15.6 Å². The van der Waals surface area contributed by atoms with E-state index in [1.54, 1.807) is 11.9 Å². The van der Waals surface area contributed by atoms with Crippen LogP contribution in [0.4, 0.5) is 0 Å². The molecule has 0 aromatic heterocycles. The summed E-state index contributed by atoms with van der Waals surface area (Å²) in [5, 5.41) is 6.73. The van der Waals surface area contributed by atoms with E-state index in [-0.39, 0.29) is 11.3 Å². The van der Waals surface area contributed by atoms with Gasteiger partial charge in [0.05, 0.1) is 11.5 Å². The number of hydrogen-bond acceptors (Lipinski definition) is 3. The molecule has 2 aliphatic carbocycles. The van der Waals surface area contributed by atoms with Crippen molar-refractivity contribution in [3.63, 3.8) is 0 Å². The molecule has 0 bridgehead atoms. The van der Waals surface area contributed by atoms with Crippen LogP contribution in [0.25, 0.3) is 0 Å². The number of nitrogens with one attached hydrogen (secondary N) is 2. The lowest BCUT2D eigenvalue weighted by Crippen LogP contribution is -2.49. The summed E-state index contributed by atoms with van der Waals surface area (Å²) in [6.45, 7) is 2.29. The quantitative estimate of drug-likeness (QED) is 0.394. The molecule has 2 N–H and O–H groups in total. The molecule has 0 unspecified atom stereocenters. The maximum absolute atomic E-state index is 12.6. The number of amides is 1. The van der Waals surface area contributed by atoms with Crippen LogP contribution in [-0.4, -0.2) is 63.7 Å². The number of carbonyl (C=O) groups excluding carboxylic acids is 1. The van der Waals surface area contributed by atoms with Gasteiger partial charge in [-0.15, -0.1) is 0 Å². The summed E-state index contributed by atoms with van der Waals surface area (Å²) in [4.78, 5) is 18.7. The Hall–Kier alpha value is -1.30. The van der Waals surface area contributed by atoms with Crippen LogP contribution >= 0.6 is 0 Å². The van der Waals surface area contributed by atoms with Gasteiger partial charge in [0.2, 0.25) is 5.91 Å². The van der Waals surface area contributed by atoms with E-state index in [0.717, 1.165) is 51.2 Å². The van der Waals surface area contributed by atoms with Gasteiger partial charge in [0.1, 0.15) is 0 Å². The molecule has 0 saturated heterocycles. The monoisotopic (exact) mass is 366 g/mol. The maximum atomic E-state index is 12.6. The third-order valence-corrected chi connectivity index (χ3v) is 5.76. The van der Waals surface area contributed by atoms with Gasteiger partial charge in [0.15, 0.2) is 5.96 Å². The molecule has 6 nitrogen and oxygen atoms in total. The Kier molecular flexibility index (Phi) is 8.69. The van der Waals surface area contributed by atoms with Crippen LogP contribution in [0.2, 0.25) is 0 Å². The Labute approximate surface area is 159 Å². The van der Waals surface area contributed by atoms with Gasteiger partial charge in [0, 0.05) is 40.8 Å². The first kappa shape index (κ1) is 21.0. The Balaban J connectivity index is 1.67. The highest BCUT2D eigenvalue weighted by Crippen LogP contribution is 2.38. The van der Waals surface area contributed by atoms with Gasteiger partial charge in [-0.3, -0.25) is 9.79 Å². The van der Waals surface area contributed by atoms with Crippen LogP contribution in [0.3, 0.4) is 0 Å². The van der Waals surface area contributed by atoms with E-state index in [0.29, 0.717) is 12.6 Å². The summed E-state index contributed by atoms with van der Waals surface area (Å²) >= 11 is 0. The fraction of sp³-hybridized carbons (Fsp3) is 0.900. The molecule has 2 fully saturated rings. The zero-order valence-electron chi connectivity index (χ0n) is 17.0. The highest BCUT2D eigenvalue weighted by Gasteiger charge is 2.42. The fourth-order valence-electron chi connectivity index (χ4n) is 4.23. The largest absolute Gasteiger partial charge is 0.378 e. The number of guanidine groups is 1. The molecule has 2 rings (SSSR count). The zero-order valence-corrected chi connectivity index (χ0v) is 17.0. The van der Waals surface area contributed by atoms with Crippen molar-refractivity contribution in [3.05, 3.63) is 0 Å². The summed E-state index contributed by atoms with van der Waals surface area (Å²) < 4.78 is 5.96. The molecule has 0 aliphatic heterocycles. The van der Waals surface area contributed by atoms with Crippen molar-refractivity contribution in [3.8, 4) is 0 Å². The van der Waals surface area contributed by atoms with Crippen LogP contribution < -0.4 is 10.6 Å². The van der Waals surface area contributed by atoms with E-state index < -0.39 is 0 Å². The second-order valence-corrected chi connectivity index (χ2v) is 8.02. The number of aliphatic imine (C=N–C) groups is 1. The predicted molar refractivity (Wildman–Crippen MR) is 106 cm³/mol. The summed E-state index contributed by atoms with van der Waals surface area (Å²) in [6.07, 6.45) is 12.1. The van der Waals surface area contributed by atoms with Gasteiger partial charge in [0.25, 0.3) is 0 Å². The van der Waals surface area contributed by atoms with Gasteiger partial charge in [-0.2, -0.15) is 0 Å². The third-order valence-electron chi connectivity index (χ3n) is 5.76. The summed E-state index contributed by atoms with van der Waals surface area (Å²) in [7, 11) is 5.48.